The van der Waals surface area contributed by atoms with Gasteiger partial charge >= 0.3 is 0 Å². The Kier molecular flexibility index (Phi) is 5.53. The number of nitrogen functional groups attached to an aromatic ring is 1. The summed E-state index contributed by atoms with van der Waals surface area (Å²) < 4.78 is 0. The van der Waals surface area contributed by atoms with Crippen LogP contribution in [0.4, 0.5) is 5.82 Å². The number of amides is 1. The molecule has 2 aliphatic rings. The molecule has 5 rings (SSSR count). The fraction of sp³-hybridized carbons (Fsp3) is 0.440. The van der Waals surface area contributed by atoms with Crippen molar-refractivity contribution in [2.24, 2.45) is 5.92 Å². The zero-order chi connectivity index (χ0) is 21.2. The van der Waals surface area contributed by atoms with Gasteiger partial charge in [0, 0.05) is 36.2 Å². The first kappa shape index (κ1) is 19.9. The first-order chi connectivity index (χ1) is 15.2. The van der Waals surface area contributed by atoms with Crippen molar-refractivity contribution in [3.8, 4) is 11.4 Å². The molecule has 3 aromatic rings. The highest BCUT2D eigenvalue weighted by Gasteiger charge is 2.30. The van der Waals surface area contributed by atoms with Crippen molar-refractivity contribution in [3.63, 3.8) is 0 Å². The Morgan fingerprint density at radius 2 is 1.71 bits per heavy atom. The maximum atomic E-state index is 13.1. The number of hydrogen-bond acceptors (Lipinski definition) is 5. The van der Waals surface area contributed by atoms with Gasteiger partial charge in [0.15, 0.2) is 11.5 Å². The summed E-state index contributed by atoms with van der Waals surface area (Å²) in [7, 11) is 0. The quantitative estimate of drug-likeness (QED) is 0.678. The van der Waals surface area contributed by atoms with Crippen LogP contribution in [0.5, 0.6) is 0 Å². The molecule has 2 fully saturated rings. The second kappa shape index (κ2) is 8.61. The number of hydrogen-bond donors (Lipinski definition) is 1. The minimum atomic E-state index is 0.220. The smallest absolute Gasteiger partial charge is 0.225 e. The summed E-state index contributed by atoms with van der Waals surface area (Å²) >= 11 is 0. The molecule has 160 valence electrons. The third-order valence-electron chi connectivity index (χ3n) is 6.75. The summed E-state index contributed by atoms with van der Waals surface area (Å²) in [6.07, 6.45) is 7.79. The number of nitrogens with zero attached hydrogens (tertiary/aromatic N) is 4. The van der Waals surface area contributed by atoms with Crippen molar-refractivity contribution >= 4 is 22.8 Å². The molecule has 0 unspecified atom stereocenters. The lowest BCUT2D eigenvalue weighted by molar-refractivity contribution is -0.137. The molecule has 1 saturated heterocycles. The molecule has 2 N–H and O–H groups in total. The SMILES string of the molecule is Nc1nc(-c2ccccc2)nc2nc([C@@H]3CCCN(C(=O)C4CCCCC4)C3)ccc12. The molecule has 0 bridgehead atoms. The molecule has 6 nitrogen and oxygen atoms in total. The molecule has 31 heavy (non-hydrogen) atoms. The molecular formula is C25H29N5O. The largest absolute Gasteiger partial charge is 0.383 e. The van der Waals surface area contributed by atoms with Crippen LogP contribution >= 0.6 is 0 Å². The monoisotopic (exact) mass is 415 g/mol. The van der Waals surface area contributed by atoms with Gasteiger partial charge in [0.05, 0.1) is 5.39 Å². The number of anilines is 1. The molecule has 1 aromatic carbocycles. The third-order valence-corrected chi connectivity index (χ3v) is 6.75. The van der Waals surface area contributed by atoms with Gasteiger partial charge in [-0.15, -0.1) is 0 Å². The average Bonchev–Trinajstić information content (AvgIpc) is 2.84. The molecular weight excluding hydrogens is 386 g/mol. The Balaban J connectivity index is 1.41. The maximum Gasteiger partial charge on any atom is 0.225 e. The van der Waals surface area contributed by atoms with E-state index >= 15 is 0 Å². The third kappa shape index (κ3) is 4.11. The lowest BCUT2D eigenvalue weighted by Crippen LogP contribution is -2.43. The van der Waals surface area contributed by atoms with Crippen LogP contribution in [0.1, 0.15) is 56.6 Å². The molecule has 6 heteroatoms. The van der Waals surface area contributed by atoms with Gasteiger partial charge in [-0.05, 0) is 37.8 Å². The van der Waals surface area contributed by atoms with Crippen LogP contribution in [0.15, 0.2) is 42.5 Å². The highest BCUT2D eigenvalue weighted by atomic mass is 16.2. The number of benzene rings is 1. The number of piperidine rings is 1. The van der Waals surface area contributed by atoms with Crippen LogP contribution in [0.25, 0.3) is 22.4 Å². The maximum absolute atomic E-state index is 13.1. The summed E-state index contributed by atoms with van der Waals surface area (Å²) in [6, 6.07) is 13.8. The van der Waals surface area contributed by atoms with E-state index in [1.54, 1.807) is 0 Å². The number of carbonyl (C=O) groups excluding carboxylic acids is 1. The van der Waals surface area contributed by atoms with E-state index in [2.05, 4.69) is 9.88 Å². The highest BCUT2D eigenvalue weighted by Crippen LogP contribution is 2.31. The summed E-state index contributed by atoms with van der Waals surface area (Å²) in [6.45, 7) is 1.62. The molecule has 1 aliphatic heterocycles. The van der Waals surface area contributed by atoms with Crippen LogP contribution in [0, 0.1) is 5.92 Å². The number of pyridine rings is 1. The van der Waals surface area contributed by atoms with Gasteiger partial charge in [0.2, 0.25) is 5.91 Å². The molecule has 3 heterocycles. The van der Waals surface area contributed by atoms with Crippen LogP contribution in [-0.4, -0.2) is 38.8 Å². The van der Waals surface area contributed by atoms with Crippen molar-refractivity contribution in [2.45, 2.75) is 50.9 Å². The predicted octanol–water partition coefficient (Wildman–Crippen LogP) is 4.56. The number of carbonyl (C=O) groups is 1. The van der Waals surface area contributed by atoms with E-state index in [0.29, 0.717) is 23.2 Å². The van der Waals surface area contributed by atoms with Crippen molar-refractivity contribution in [2.75, 3.05) is 18.8 Å². The first-order valence-corrected chi connectivity index (χ1v) is 11.5. The first-order valence-electron chi connectivity index (χ1n) is 11.5. The van der Waals surface area contributed by atoms with Gasteiger partial charge in [-0.2, -0.15) is 0 Å². The number of likely N-dealkylation sites (tertiary alicyclic amines) is 1. The minimum Gasteiger partial charge on any atom is -0.383 e. The van der Waals surface area contributed by atoms with E-state index in [1.165, 1.54) is 19.3 Å². The van der Waals surface area contributed by atoms with E-state index in [4.69, 9.17) is 15.7 Å². The molecule has 1 aliphatic carbocycles. The van der Waals surface area contributed by atoms with E-state index in [0.717, 1.165) is 55.4 Å². The number of aromatic nitrogens is 3. The number of rotatable bonds is 3. The molecule has 0 spiro atoms. The second-order valence-corrected chi connectivity index (χ2v) is 8.86. The van der Waals surface area contributed by atoms with Crippen LogP contribution in [0.3, 0.4) is 0 Å². The van der Waals surface area contributed by atoms with Crippen molar-refractivity contribution < 1.29 is 4.79 Å². The average molecular weight is 416 g/mol. The fourth-order valence-corrected chi connectivity index (χ4v) is 5.02. The van der Waals surface area contributed by atoms with Gasteiger partial charge < -0.3 is 10.6 Å². The Hall–Kier alpha value is -3.02. The van der Waals surface area contributed by atoms with Crippen LogP contribution in [0.2, 0.25) is 0 Å². The van der Waals surface area contributed by atoms with Gasteiger partial charge in [0.25, 0.3) is 0 Å². The normalized spacial score (nSPS) is 20.1. The van der Waals surface area contributed by atoms with Crippen LogP contribution < -0.4 is 5.73 Å². The summed E-state index contributed by atoms with van der Waals surface area (Å²) in [4.78, 5) is 29.2. The van der Waals surface area contributed by atoms with Gasteiger partial charge in [-0.25, -0.2) is 15.0 Å². The number of nitrogens with two attached hydrogens (primary N) is 1. The van der Waals surface area contributed by atoms with Crippen molar-refractivity contribution in [1.82, 2.24) is 19.9 Å². The van der Waals surface area contributed by atoms with Gasteiger partial charge in [-0.3, -0.25) is 4.79 Å². The molecule has 0 radical (unpaired) electrons. The minimum absolute atomic E-state index is 0.220. The van der Waals surface area contributed by atoms with E-state index in [-0.39, 0.29) is 11.8 Å². The molecule has 1 amide bonds. The Labute approximate surface area is 182 Å². The van der Waals surface area contributed by atoms with Crippen LogP contribution in [-0.2, 0) is 4.79 Å². The lowest BCUT2D eigenvalue weighted by Gasteiger charge is -2.35. The predicted molar refractivity (Wildman–Crippen MR) is 122 cm³/mol. The summed E-state index contributed by atoms with van der Waals surface area (Å²) in [5, 5.41) is 0.773. The molecule has 1 atom stereocenters. The summed E-state index contributed by atoms with van der Waals surface area (Å²) in [5.41, 5.74) is 8.76. The van der Waals surface area contributed by atoms with E-state index in [9.17, 15) is 4.79 Å². The topological polar surface area (TPSA) is 85.0 Å². The number of fused-ring (bicyclic) bond motifs is 1. The zero-order valence-corrected chi connectivity index (χ0v) is 17.8. The zero-order valence-electron chi connectivity index (χ0n) is 17.8. The Bertz CT molecular complexity index is 1080. The van der Waals surface area contributed by atoms with E-state index in [1.807, 2.05) is 42.5 Å². The Morgan fingerprint density at radius 3 is 2.52 bits per heavy atom. The summed E-state index contributed by atoms with van der Waals surface area (Å²) in [5.74, 6) is 1.84. The van der Waals surface area contributed by atoms with Crippen molar-refractivity contribution in [1.29, 1.82) is 0 Å². The lowest BCUT2D eigenvalue weighted by atomic mass is 9.86. The Morgan fingerprint density at radius 1 is 0.903 bits per heavy atom. The van der Waals surface area contributed by atoms with Gasteiger partial charge in [-0.1, -0.05) is 49.6 Å². The van der Waals surface area contributed by atoms with E-state index < -0.39 is 0 Å². The standard InChI is InChI=1S/C25H29N5O/c26-22-20-13-14-21(27-24(20)29-23(28-22)17-8-3-1-4-9-17)19-12-7-15-30(16-19)25(31)18-10-5-2-6-11-18/h1,3-4,8-9,13-14,18-19H,2,5-7,10-12,15-16H2,(H2,26,27,28,29)/t19-/m1/s1. The molecule has 1 saturated carbocycles. The van der Waals surface area contributed by atoms with Gasteiger partial charge in [0.1, 0.15) is 5.82 Å². The second-order valence-electron chi connectivity index (χ2n) is 8.86. The van der Waals surface area contributed by atoms with Crippen molar-refractivity contribution in [3.05, 3.63) is 48.2 Å². The molecule has 2 aromatic heterocycles. The fourth-order valence-electron chi connectivity index (χ4n) is 5.02. The highest BCUT2D eigenvalue weighted by molar-refractivity contribution is 5.87.